The Balaban J connectivity index is 0.000000810. The highest BCUT2D eigenvalue weighted by atomic mass is 79.9. The van der Waals surface area contributed by atoms with E-state index in [-0.39, 0.29) is 12.4 Å². The Morgan fingerprint density at radius 2 is 2.00 bits per heavy atom. The highest BCUT2D eigenvalue weighted by Gasteiger charge is 1.97. The molecule has 0 aliphatic rings. The van der Waals surface area contributed by atoms with Crippen molar-refractivity contribution < 1.29 is 0 Å². The molecule has 1 aromatic rings. The van der Waals surface area contributed by atoms with Crippen LogP contribution in [-0.2, 0) is 0 Å². The number of nitrogens with two attached hydrogens (primary N) is 1. The maximum Gasteiger partial charge on any atom is 0.0777 e. The lowest BCUT2D eigenvalue weighted by atomic mass is 10.3. The Morgan fingerprint density at radius 1 is 1.40 bits per heavy atom. The molecule has 1 nitrogen and oxygen atoms in total. The van der Waals surface area contributed by atoms with Crippen LogP contribution in [0.1, 0.15) is 0 Å². The molecule has 0 unspecified atom stereocenters. The number of halogens is 3. The molecule has 0 fully saturated rings. The van der Waals surface area contributed by atoms with Crippen molar-refractivity contribution in [1.29, 1.82) is 0 Å². The van der Waals surface area contributed by atoms with Crippen molar-refractivity contribution in [3.8, 4) is 0 Å². The van der Waals surface area contributed by atoms with Crippen LogP contribution in [0.5, 0.6) is 0 Å². The molecule has 2 N–H and O–H groups in total. The zero-order valence-corrected chi connectivity index (χ0v) is 8.13. The second-order valence-corrected chi connectivity index (χ2v) is 2.88. The van der Waals surface area contributed by atoms with Crippen molar-refractivity contribution in [2.45, 2.75) is 0 Å². The van der Waals surface area contributed by atoms with E-state index in [9.17, 15) is 0 Å². The lowest BCUT2D eigenvalue weighted by Gasteiger charge is -1.96. The van der Waals surface area contributed by atoms with E-state index in [2.05, 4.69) is 15.9 Å². The van der Waals surface area contributed by atoms with Crippen LogP contribution in [0.4, 0.5) is 5.69 Å². The van der Waals surface area contributed by atoms with Crippen LogP contribution in [-0.4, -0.2) is 0 Å². The number of hydrogen-bond acceptors (Lipinski definition) is 1. The Labute approximate surface area is 79.1 Å². The molecule has 0 heterocycles. The topological polar surface area (TPSA) is 26.0 Å². The second-order valence-electron chi connectivity index (χ2n) is 1.64. The predicted molar refractivity (Wildman–Crippen MR) is 50.8 cm³/mol. The van der Waals surface area contributed by atoms with Crippen LogP contribution in [0.2, 0.25) is 5.02 Å². The average molecular weight is 243 g/mol. The molecule has 0 aliphatic heterocycles. The number of rotatable bonds is 0. The first-order valence-electron chi connectivity index (χ1n) is 2.41. The minimum absolute atomic E-state index is 0. The van der Waals surface area contributed by atoms with Crippen molar-refractivity contribution in [1.82, 2.24) is 0 Å². The summed E-state index contributed by atoms with van der Waals surface area (Å²) in [5, 5.41) is 0.581. The summed E-state index contributed by atoms with van der Waals surface area (Å²) in [6, 6.07) is 5.44. The van der Waals surface area contributed by atoms with Gasteiger partial charge in [-0.15, -0.1) is 12.4 Å². The fourth-order valence-corrected chi connectivity index (χ4v) is 1.03. The molecule has 1 rings (SSSR count). The van der Waals surface area contributed by atoms with E-state index in [1.807, 2.05) is 12.1 Å². The Morgan fingerprint density at radius 3 is 2.40 bits per heavy atom. The number of anilines is 1. The number of benzene rings is 1. The third-order valence-corrected chi connectivity index (χ3v) is 2.29. The van der Waals surface area contributed by atoms with Gasteiger partial charge in [-0.3, -0.25) is 0 Å². The first kappa shape index (κ1) is 10.1. The van der Waals surface area contributed by atoms with Crippen LogP contribution < -0.4 is 5.73 Å². The highest BCUT2D eigenvalue weighted by molar-refractivity contribution is 9.10. The van der Waals surface area contributed by atoms with E-state index in [1.165, 1.54) is 0 Å². The van der Waals surface area contributed by atoms with Gasteiger partial charge in [-0.2, -0.15) is 0 Å². The molecule has 56 valence electrons. The first-order valence-corrected chi connectivity index (χ1v) is 3.58. The van der Waals surface area contributed by atoms with Crippen LogP contribution in [0, 0.1) is 0 Å². The standard InChI is InChI=1S/C6H5BrClN.ClH/c7-4-2-1-3-5(9)6(4)8;/h1-3H,9H2;1H. The molecular weight excluding hydrogens is 237 g/mol. The fraction of sp³-hybridized carbons (Fsp3) is 0. The minimum atomic E-state index is 0. The summed E-state index contributed by atoms with van der Waals surface area (Å²) in [5.74, 6) is 0. The van der Waals surface area contributed by atoms with E-state index in [4.69, 9.17) is 17.3 Å². The van der Waals surface area contributed by atoms with Gasteiger partial charge in [-0.05, 0) is 28.1 Å². The molecule has 4 heteroatoms. The first-order chi connectivity index (χ1) is 4.22. The number of hydrogen-bond donors (Lipinski definition) is 1. The smallest absolute Gasteiger partial charge is 0.0777 e. The van der Waals surface area contributed by atoms with Crippen molar-refractivity contribution in [2.24, 2.45) is 0 Å². The molecule has 0 saturated heterocycles. The molecule has 0 aliphatic carbocycles. The van der Waals surface area contributed by atoms with Gasteiger partial charge in [0.15, 0.2) is 0 Å². The monoisotopic (exact) mass is 241 g/mol. The Hall–Kier alpha value is 0.0800. The predicted octanol–water partition coefficient (Wildman–Crippen LogP) is 3.11. The van der Waals surface area contributed by atoms with Crippen molar-refractivity contribution in [3.05, 3.63) is 27.7 Å². The molecule has 0 spiro atoms. The molecule has 0 atom stereocenters. The van der Waals surface area contributed by atoms with E-state index in [1.54, 1.807) is 6.07 Å². The van der Waals surface area contributed by atoms with E-state index >= 15 is 0 Å². The van der Waals surface area contributed by atoms with E-state index < -0.39 is 0 Å². The zero-order valence-electron chi connectivity index (χ0n) is 4.97. The van der Waals surface area contributed by atoms with Gasteiger partial charge in [0, 0.05) is 4.47 Å². The average Bonchev–Trinajstić information content (AvgIpc) is 1.83. The van der Waals surface area contributed by atoms with E-state index in [0.29, 0.717) is 10.7 Å². The van der Waals surface area contributed by atoms with E-state index in [0.717, 1.165) is 4.47 Å². The molecule has 0 bridgehead atoms. The maximum atomic E-state index is 5.71. The molecule has 0 aromatic heterocycles. The van der Waals surface area contributed by atoms with Crippen molar-refractivity contribution in [2.75, 3.05) is 5.73 Å². The van der Waals surface area contributed by atoms with Gasteiger partial charge in [-0.25, -0.2) is 0 Å². The van der Waals surface area contributed by atoms with Gasteiger partial charge in [0.2, 0.25) is 0 Å². The summed E-state index contributed by atoms with van der Waals surface area (Å²) in [6.07, 6.45) is 0. The Kier molecular flexibility index (Phi) is 4.09. The lowest BCUT2D eigenvalue weighted by Crippen LogP contribution is -1.84. The molecule has 0 amide bonds. The van der Waals surface area contributed by atoms with Gasteiger partial charge < -0.3 is 5.73 Å². The Bertz CT molecular complexity index is 207. The van der Waals surface area contributed by atoms with Gasteiger partial charge in [-0.1, -0.05) is 17.7 Å². The third kappa shape index (κ3) is 2.04. The minimum Gasteiger partial charge on any atom is -0.397 e. The van der Waals surface area contributed by atoms with Crippen molar-refractivity contribution >= 4 is 45.6 Å². The second kappa shape index (κ2) is 4.06. The summed E-state index contributed by atoms with van der Waals surface area (Å²) in [7, 11) is 0. The molecule has 0 radical (unpaired) electrons. The normalized spacial score (nSPS) is 8.60. The summed E-state index contributed by atoms with van der Waals surface area (Å²) in [6.45, 7) is 0. The summed E-state index contributed by atoms with van der Waals surface area (Å²) in [4.78, 5) is 0. The quantitative estimate of drug-likeness (QED) is 0.696. The summed E-state index contributed by atoms with van der Waals surface area (Å²) < 4.78 is 0.837. The maximum absolute atomic E-state index is 5.71. The largest absolute Gasteiger partial charge is 0.397 e. The van der Waals surface area contributed by atoms with Crippen LogP contribution in [0.15, 0.2) is 22.7 Å². The molecule has 0 saturated carbocycles. The SMILES string of the molecule is Cl.Nc1cccc(Br)c1Cl. The zero-order chi connectivity index (χ0) is 6.85. The number of nitrogen functional groups attached to an aromatic ring is 1. The van der Waals surface area contributed by atoms with Gasteiger partial charge >= 0.3 is 0 Å². The summed E-state index contributed by atoms with van der Waals surface area (Å²) >= 11 is 8.94. The van der Waals surface area contributed by atoms with Crippen molar-refractivity contribution in [3.63, 3.8) is 0 Å². The third-order valence-electron chi connectivity index (χ3n) is 0.981. The highest BCUT2D eigenvalue weighted by Crippen LogP contribution is 2.27. The van der Waals surface area contributed by atoms with Crippen LogP contribution in [0.25, 0.3) is 0 Å². The summed E-state index contributed by atoms with van der Waals surface area (Å²) in [5.41, 5.74) is 6.06. The van der Waals surface area contributed by atoms with Gasteiger partial charge in [0.05, 0.1) is 10.7 Å². The fourth-order valence-electron chi connectivity index (χ4n) is 0.520. The molecular formula is C6H6BrCl2N. The van der Waals surface area contributed by atoms with Gasteiger partial charge in [0.1, 0.15) is 0 Å². The lowest BCUT2D eigenvalue weighted by molar-refractivity contribution is 1.63. The van der Waals surface area contributed by atoms with Gasteiger partial charge in [0.25, 0.3) is 0 Å². The van der Waals surface area contributed by atoms with Crippen LogP contribution in [0.3, 0.4) is 0 Å². The van der Waals surface area contributed by atoms with Crippen LogP contribution >= 0.6 is 39.9 Å². The molecule has 1 aromatic carbocycles. The molecule has 10 heavy (non-hydrogen) atoms.